The summed E-state index contributed by atoms with van der Waals surface area (Å²) in [6, 6.07) is 2.39. The van der Waals surface area contributed by atoms with Crippen LogP contribution in [0.1, 0.15) is 11.7 Å². The van der Waals surface area contributed by atoms with Crippen molar-refractivity contribution in [1.82, 2.24) is 5.32 Å². The summed E-state index contributed by atoms with van der Waals surface area (Å²) >= 11 is 5.64. The van der Waals surface area contributed by atoms with Gasteiger partial charge in [-0.2, -0.15) is 0 Å². The molecule has 16 heavy (non-hydrogen) atoms. The summed E-state index contributed by atoms with van der Waals surface area (Å²) in [5.41, 5.74) is 5.35. The number of halogens is 2. The van der Waals surface area contributed by atoms with Crippen molar-refractivity contribution >= 4 is 17.3 Å². The van der Waals surface area contributed by atoms with Gasteiger partial charge in [-0.15, -0.1) is 0 Å². The van der Waals surface area contributed by atoms with Gasteiger partial charge in [0.1, 0.15) is 11.9 Å². The molecule has 0 heterocycles. The van der Waals surface area contributed by atoms with Crippen molar-refractivity contribution < 1.29 is 14.6 Å². The number of rotatable bonds is 4. The van der Waals surface area contributed by atoms with Crippen molar-refractivity contribution in [2.24, 2.45) is 0 Å². The van der Waals surface area contributed by atoms with Crippen LogP contribution in [0.4, 0.5) is 10.1 Å². The molecule has 0 radical (unpaired) electrons. The molecule has 6 heteroatoms. The molecule has 90 valence electrons. The average Bonchev–Trinajstić information content (AvgIpc) is 2.22. The SMILES string of the molecule is CNCC(O)C(O)c1cc(Cl)cc(F)c1N. The lowest BCUT2D eigenvalue weighted by Crippen LogP contribution is -2.30. The van der Waals surface area contributed by atoms with Gasteiger partial charge < -0.3 is 21.3 Å². The Morgan fingerprint density at radius 3 is 2.69 bits per heavy atom. The van der Waals surface area contributed by atoms with Crippen molar-refractivity contribution in [2.75, 3.05) is 19.3 Å². The Balaban J connectivity index is 3.03. The third-order valence-electron chi connectivity index (χ3n) is 2.22. The average molecular weight is 249 g/mol. The third-order valence-corrected chi connectivity index (χ3v) is 2.44. The number of likely N-dealkylation sites (N-methyl/N-ethyl adjacent to an activating group) is 1. The standard InChI is InChI=1S/C10H14ClFN2O2/c1-14-4-8(15)10(16)6-2-5(11)3-7(12)9(6)13/h2-3,8,10,14-16H,4,13H2,1H3. The summed E-state index contributed by atoms with van der Waals surface area (Å²) < 4.78 is 13.2. The zero-order valence-electron chi connectivity index (χ0n) is 8.74. The number of nitrogen functional groups attached to an aromatic ring is 1. The molecule has 0 saturated heterocycles. The Kier molecular flexibility index (Phi) is 4.49. The maximum atomic E-state index is 13.2. The molecule has 0 spiro atoms. The second-order valence-corrected chi connectivity index (χ2v) is 3.90. The van der Waals surface area contributed by atoms with Gasteiger partial charge in [-0.25, -0.2) is 4.39 Å². The van der Waals surface area contributed by atoms with Crippen molar-refractivity contribution in [3.05, 3.63) is 28.5 Å². The lowest BCUT2D eigenvalue weighted by Gasteiger charge is -2.19. The molecular formula is C10H14ClFN2O2. The molecule has 1 aromatic carbocycles. The Hall–Kier alpha value is -0.880. The van der Waals surface area contributed by atoms with Crippen molar-refractivity contribution in [3.63, 3.8) is 0 Å². The van der Waals surface area contributed by atoms with E-state index in [0.29, 0.717) is 0 Å². The smallest absolute Gasteiger partial charge is 0.147 e. The highest BCUT2D eigenvalue weighted by molar-refractivity contribution is 6.30. The molecule has 0 fully saturated rings. The van der Waals surface area contributed by atoms with Crippen LogP contribution in [0, 0.1) is 5.82 Å². The van der Waals surface area contributed by atoms with E-state index in [2.05, 4.69) is 5.32 Å². The van der Waals surface area contributed by atoms with Gasteiger partial charge in [-0.05, 0) is 19.2 Å². The first kappa shape index (κ1) is 13.2. The molecule has 2 unspecified atom stereocenters. The highest BCUT2D eigenvalue weighted by Crippen LogP contribution is 2.28. The molecule has 5 N–H and O–H groups in total. The topological polar surface area (TPSA) is 78.5 Å². The molecule has 0 saturated carbocycles. The number of hydrogen-bond donors (Lipinski definition) is 4. The number of nitrogens with two attached hydrogens (primary N) is 1. The predicted molar refractivity (Wildman–Crippen MR) is 60.7 cm³/mol. The van der Waals surface area contributed by atoms with E-state index in [4.69, 9.17) is 17.3 Å². The molecule has 0 aromatic heterocycles. The van der Waals surface area contributed by atoms with Gasteiger partial charge in [0.05, 0.1) is 11.8 Å². The maximum absolute atomic E-state index is 13.2. The molecule has 4 nitrogen and oxygen atoms in total. The van der Waals surface area contributed by atoms with Gasteiger partial charge in [0, 0.05) is 17.1 Å². The highest BCUT2D eigenvalue weighted by atomic mass is 35.5. The maximum Gasteiger partial charge on any atom is 0.147 e. The second-order valence-electron chi connectivity index (χ2n) is 3.46. The van der Waals surface area contributed by atoms with E-state index in [1.165, 1.54) is 6.07 Å². The van der Waals surface area contributed by atoms with E-state index in [1.807, 2.05) is 0 Å². The van der Waals surface area contributed by atoms with Gasteiger partial charge in [0.2, 0.25) is 0 Å². The van der Waals surface area contributed by atoms with Gasteiger partial charge in [-0.3, -0.25) is 0 Å². The van der Waals surface area contributed by atoms with Crippen LogP contribution in [0.5, 0.6) is 0 Å². The van der Waals surface area contributed by atoms with Crippen molar-refractivity contribution in [1.29, 1.82) is 0 Å². The van der Waals surface area contributed by atoms with Gasteiger partial charge in [-0.1, -0.05) is 11.6 Å². The first-order chi connectivity index (χ1) is 7.47. The van der Waals surface area contributed by atoms with E-state index < -0.39 is 18.0 Å². The second kappa shape index (κ2) is 5.45. The van der Waals surface area contributed by atoms with Gasteiger partial charge in [0.15, 0.2) is 0 Å². The van der Waals surface area contributed by atoms with Crippen LogP contribution in [0.3, 0.4) is 0 Å². The summed E-state index contributed by atoms with van der Waals surface area (Å²) in [7, 11) is 1.62. The van der Waals surface area contributed by atoms with E-state index in [0.717, 1.165) is 6.07 Å². The number of hydrogen-bond acceptors (Lipinski definition) is 4. The molecule has 0 aliphatic carbocycles. The first-order valence-corrected chi connectivity index (χ1v) is 5.10. The van der Waals surface area contributed by atoms with Crippen LogP contribution < -0.4 is 11.1 Å². The Morgan fingerprint density at radius 2 is 2.12 bits per heavy atom. The van der Waals surface area contributed by atoms with Gasteiger partial charge in [0.25, 0.3) is 0 Å². The minimum atomic E-state index is -1.28. The fraction of sp³-hybridized carbons (Fsp3) is 0.400. The molecule has 0 bridgehead atoms. The van der Waals surface area contributed by atoms with Crippen molar-refractivity contribution in [3.8, 4) is 0 Å². The molecule has 0 amide bonds. The van der Waals surface area contributed by atoms with Crippen LogP contribution in [-0.4, -0.2) is 29.9 Å². The molecule has 2 atom stereocenters. The minimum Gasteiger partial charge on any atom is -0.396 e. The summed E-state index contributed by atoms with van der Waals surface area (Å²) in [6.07, 6.45) is -2.36. The van der Waals surface area contributed by atoms with E-state index in [-0.39, 0.29) is 22.8 Å². The fourth-order valence-corrected chi connectivity index (χ4v) is 1.59. The van der Waals surface area contributed by atoms with E-state index in [1.54, 1.807) is 7.05 Å². The Labute approximate surface area is 97.8 Å². The number of anilines is 1. The zero-order valence-corrected chi connectivity index (χ0v) is 9.50. The zero-order chi connectivity index (χ0) is 12.3. The summed E-state index contributed by atoms with van der Waals surface area (Å²) in [5.74, 6) is -0.710. The van der Waals surface area contributed by atoms with E-state index in [9.17, 15) is 14.6 Å². The predicted octanol–water partition coefficient (Wildman–Crippen LogP) is 0.675. The summed E-state index contributed by atoms with van der Waals surface area (Å²) in [5, 5.41) is 22.1. The molecule has 0 aliphatic heterocycles. The quantitative estimate of drug-likeness (QED) is 0.591. The summed E-state index contributed by atoms with van der Waals surface area (Å²) in [4.78, 5) is 0. The number of aliphatic hydroxyl groups excluding tert-OH is 2. The molecule has 0 aliphatic rings. The monoisotopic (exact) mass is 248 g/mol. The third kappa shape index (κ3) is 2.82. The van der Waals surface area contributed by atoms with Gasteiger partial charge >= 0.3 is 0 Å². The number of aliphatic hydroxyl groups is 2. The molecule has 1 aromatic rings. The lowest BCUT2D eigenvalue weighted by molar-refractivity contribution is 0.0205. The first-order valence-electron chi connectivity index (χ1n) is 4.72. The van der Waals surface area contributed by atoms with Crippen LogP contribution in [0.25, 0.3) is 0 Å². The lowest BCUT2D eigenvalue weighted by atomic mass is 10.0. The van der Waals surface area contributed by atoms with E-state index >= 15 is 0 Å². The number of benzene rings is 1. The normalized spacial score (nSPS) is 14.8. The molecular weight excluding hydrogens is 235 g/mol. The molecule has 1 rings (SSSR count). The Morgan fingerprint density at radius 1 is 1.50 bits per heavy atom. The largest absolute Gasteiger partial charge is 0.396 e. The minimum absolute atomic E-state index is 0.0905. The number of nitrogens with one attached hydrogen (secondary N) is 1. The Bertz CT molecular complexity index is 376. The fourth-order valence-electron chi connectivity index (χ4n) is 1.38. The highest BCUT2D eigenvalue weighted by Gasteiger charge is 2.22. The van der Waals surface area contributed by atoms with Crippen LogP contribution in [0.2, 0.25) is 5.02 Å². The van der Waals surface area contributed by atoms with Crippen LogP contribution in [-0.2, 0) is 0 Å². The van der Waals surface area contributed by atoms with Crippen LogP contribution >= 0.6 is 11.6 Å². The van der Waals surface area contributed by atoms with Crippen molar-refractivity contribution in [2.45, 2.75) is 12.2 Å². The van der Waals surface area contributed by atoms with Crippen LogP contribution in [0.15, 0.2) is 12.1 Å². The summed E-state index contributed by atoms with van der Waals surface area (Å²) in [6.45, 7) is 0.161.